The molecule has 1 aromatic rings. The van der Waals surface area contributed by atoms with Crippen molar-refractivity contribution in [2.75, 3.05) is 6.54 Å². The van der Waals surface area contributed by atoms with Gasteiger partial charge in [0.05, 0.1) is 0 Å². The molecule has 0 saturated heterocycles. The lowest BCUT2D eigenvalue weighted by Crippen LogP contribution is -2.25. The van der Waals surface area contributed by atoms with Gasteiger partial charge in [-0.1, -0.05) is 0 Å². The molecule has 1 rings (SSSR count). The van der Waals surface area contributed by atoms with Gasteiger partial charge in [0.1, 0.15) is 0 Å². The highest BCUT2D eigenvalue weighted by molar-refractivity contribution is 5.94. The van der Waals surface area contributed by atoms with Gasteiger partial charge < -0.3 is 0 Å². The first-order chi connectivity index (χ1) is 6.29. The van der Waals surface area contributed by atoms with Crippen LogP contribution in [0.5, 0.6) is 0 Å². The second-order valence-corrected chi connectivity index (χ2v) is 2.39. The van der Waals surface area contributed by atoms with E-state index in [1.807, 2.05) is 6.19 Å². The Kier molecular flexibility index (Phi) is 2.98. The number of pyridine rings is 1. The SMILES string of the molecule is CCN(C#N)C(=O)c1ccncc1. The van der Waals surface area contributed by atoms with Gasteiger partial charge in [0, 0.05) is 24.5 Å². The van der Waals surface area contributed by atoms with Crippen LogP contribution >= 0.6 is 0 Å². The van der Waals surface area contributed by atoms with Crippen molar-refractivity contribution >= 4 is 5.91 Å². The van der Waals surface area contributed by atoms with Gasteiger partial charge in [-0.15, -0.1) is 0 Å². The summed E-state index contributed by atoms with van der Waals surface area (Å²) >= 11 is 0. The molecular weight excluding hydrogens is 166 g/mol. The van der Waals surface area contributed by atoms with Crippen LogP contribution in [0.4, 0.5) is 0 Å². The maximum Gasteiger partial charge on any atom is 0.266 e. The zero-order chi connectivity index (χ0) is 9.68. The van der Waals surface area contributed by atoms with Crippen molar-refractivity contribution < 1.29 is 4.79 Å². The molecule has 4 heteroatoms. The average Bonchev–Trinajstić information content (AvgIpc) is 2.21. The number of aromatic nitrogens is 1. The number of amides is 1. The van der Waals surface area contributed by atoms with Gasteiger partial charge in [-0.25, -0.2) is 4.90 Å². The fourth-order valence-corrected chi connectivity index (χ4v) is 0.910. The molecule has 1 aromatic heterocycles. The van der Waals surface area contributed by atoms with Crippen molar-refractivity contribution in [3.63, 3.8) is 0 Å². The number of hydrogen-bond acceptors (Lipinski definition) is 3. The predicted molar refractivity (Wildman–Crippen MR) is 46.6 cm³/mol. The fraction of sp³-hybridized carbons (Fsp3) is 0.222. The Morgan fingerprint density at radius 3 is 2.69 bits per heavy atom. The zero-order valence-electron chi connectivity index (χ0n) is 7.27. The number of hydrogen-bond donors (Lipinski definition) is 0. The predicted octanol–water partition coefficient (Wildman–Crippen LogP) is 1.02. The van der Waals surface area contributed by atoms with Crippen LogP contribution in [0.15, 0.2) is 24.5 Å². The van der Waals surface area contributed by atoms with Crippen LogP contribution in [0.3, 0.4) is 0 Å². The largest absolute Gasteiger partial charge is 0.268 e. The summed E-state index contributed by atoms with van der Waals surface area (Å²) in [5.74, 6) is -0.285. The second-order valence-electron chi connectivity index (χ2n) is 2.39. The summed E-state index contributed by atoms with van der Waals surface area (Å²) in [5, 5.41) is 8.60. The van der Waals surface area contributed by atoms with Gasteiger partial charge >= 0.3 is 0 Å². The van der Waals surface area contributed by atoms with Crippen LogP contribution in [0.1, 0.15) is 17.3 Å². The Labute approximate surface area is 76.4 Å². The third-order valence-electron chi connectivity index (χ3n) is 1.61. The molecule has 1 heterocycles. The van der Waals surface area contributed by atoms with Crippen LogP contribution < -0.4 is 0 Å². The molecule has 0 saturated carbocycles. The minimum atomic E-state index is -0.285. The van der Waals surface area contributed by atoms with E-state index in [0.29, 0.717) is 12.1 Å². The minimum absolute atomic E-state index is 0.285. The molecule has 1 amide bonds. The van der Waals surface area contributed by atoms with Crippen molar-refractivity contribution in [2.24, 2.45) is 0 Å². The van der Waals surface area contributed by atoms with Gasteiger partial charge in [0.15, 0.2) is 6.19 Å². The van der Waals surface area contributed by atoms with Crippen LogP contribution in [0.2, 0.25) is 0 Å². The number of nitriles is 1. The normalized spacial score (nSPS) is 8.92. The summed E-state index contributed by atoms with van der Waals surface area (Å²) in [7, 11) is 0. The first-order valence-electron chi connectivity index (χ1n) is 3.91. The lowest BCUT2D eigenvalue weighted by Gasteiger charge is -2.09. The third-order valence-corrected chi connectivity index (χ3v) is 1.61. The molecule has 0 aliphatic rings. The molecule has 0 spiro atoms. The lowest BCUT2D eigenvalue weighted by molar-refractivity contribution is 0.0838. The molecule has 4 nitrogen and oxygen atoms in total. The molecular formula is C9H9N3O. The standard InChI is InChI=1S/C9H9N3O/c1-2-12(7-10)9(13)8-3-5-11-6-4-8/h3-6H,2H2,1H3. The van der Waals surface area contributed by atoms with Gasteiger partial charge in [-0.2, -0.15) is 5.26 Å². The van der Waals surface area contributed by atoms with Gasteiger partial charge in [0.2, 0.25) is 0 Å². The molecule has 0 radical (unpaired) electrons. The Morgan fingerprint density at radius 1 is 1.62 bits per heavy atom. The van der Waals surface area contributed by atoms with Crippen molar-refractivity contribution in [1.82, 2.24) is 9.88 Å². The minimum Gasteiger partial charge on any atom is -0.268 e. The Balaban J connectivity index is 2.86. The van der Waals surface area contributed by atoms with Gasteiger partial charge in [-0.3, -0.25) is 9.78 Å². The number of nitrogens with zero attached hydrogens (tertiary/aromatic N) is 3. The van der Waals surface area contributed by atoms with Crippen molar-refractivity contribution in [1.29, 1.82) is 5.26 Å². The molecule has 0 atom stereocenters. The first kappa shape index (κ1) is 9.20. The summed E-state index contributed by atoms with van der Waals surface area (Å²) in [6, 6.07) is 3.17. The number of carbonyl (C=O) groups excluding carboxylic acids is 1. The summed E-state index contributed by atoms with van der Waals surface area (Å²) < 4.78 is 0. The van der Waals surface area contributed by atoms with Crippen molar-refractivity contribution in [3.8, 4) is 6.19 Å². The van der Waals surface area contributed by atoms with Crippen molar-refractivity contribution in [3.05, 3.63) is 30.1 Å². The Hall–Kier alpha value is -1.89. The lowest BCUT2D eigenvalue weighted by atomic mass is 10.2. The van der Waals surface area contributed by atoms with Crippen LogP contribution in [0.25, 0.3) is 0 Å². The van der Waals surface area contributed by atoms with E-state index >= 15 is 0 Å². The summed E-state index contributed by atoms with van der Waals surface area (Å²) in [6.45, 7) is 2.14. The molecule has 13 heavy (non-hydrogen) atoms. The van der Waals surface area contributed by atoms with E-state index in [1.54, 1.807) is 19.1 Å². The first-order valence-corrected chi connectivity index (χ1v) is 3.91. The van der Waals surface area contributed by atoms with E-state index in [9.17, 15) is 4.79 Å². The smallest absolute Gasteiger partial charge is 0.266 e. The molecule has 0 aliphatic carbocycles. The number of rotatable bonds is 2. The van der Waals surface area contributed by atoms with Crippen LogP contribution in [0, 0.1) is 11.5 Å². The molecule has 0 unspecified atom stereocenters. The molecule has 0 N–H and O–H groups in total. The topological polar surface area (TPSA) is 57.0 Å². The highest BCUT2D eigenvalue weighted by Gasteiger charge is 2.12. The van der Waals surface area contributed by atoms with Crippen molar-refractivity contribution in [2.45, 2.75) is 6.92 Å². The van der Waals surface area contributed by atoms with Gasteiger partial charge in [0.25, 0.3) is 5.91 Å². The summed E-state index contributed by atoms with van der Waals surface area (Å²) in [5.41, 5.74) is 0.485. The summed E-state index contributed by atoms with van der Waals surface area (Å²) in [4.78, 5) is 16.4. The van der Waals surface area contributed by atoms with E-state index in [4.69, 9.17) is 5.26 Å². The van der Waals surface area contributed by atoms with Crippen LogP contribution in [-0.2, 0) is 0 Å². The molecule has 0 fully saturated rings. The Morgan fingerprint density at radius 2 is 2.23 bits per heavy atom. The highest BCUT2D eigenvalue weighted by atomic mass is 16.2. The third kappa shape index (κ3) is 2.03. The monoisotopic (exact) mass is 175 g/mol. The highest BCUT2D eigenvalue weighted by Crippen LogP contribution is 2.01. The molecule has 0 aliphatic heterocycles. The number of carbonyl (C=O) groups is 1. The van der Waals surface area contributed by atoms with Crippen LogP contribution in [-0.4, -0.2) is 22.3 Å². The van der Waals surface area contributed by atoms with E-state index in [1.165, 1.54) is 12.4 Å². The molecule has 0 aromatic carbocycles. The van der Waals surface area contributed by atoms with Gasteiger partial charge in [-0.05, 0) is 19.1 Å². The van der Waals surface area contributed by atoms with E-state index in [0.717, 1.165) is 4.90 Å². The van der Waals surface area contributed by atoms with E-state index in [-0.39, 0.29) is 5.91 Å². The maximum atomic E-state index is 11.5. The second kappa shape index (κ2) is 4.21. The quantitative estimate of drug-likeness (QED) is 0.498. The molecule has 0 bridgehead atoms. The Bertz CT molecular complexity index is 328. The van der Waals surface area contributed by atoms with E-state index in [2.05, 4.69) is 4.98 Å². The maximum absolute atomic E-state index is 11.5. The average molecular weight is 175 g/mol. The zero-order valence-corrected chi connectivity index (χ0v) is 7.27. The fourth-order valence-electron chi connectivity index (χ4n) is 0.910. The molecule has 66 valence electrons. The van der Waals surface area contributed by atoms with E-state index < -0.39 is 0 Å². The summed E-state index contributed by atoms with van der Waals surface area (Å²) in [6.07, 6.45) is 4.87.